The van der Waals surface area contributed by atoms with E-state index < -0.39 is 5.24 Å². The van der Waals surface area contributed by atoms with E-state index in [-0.39, 0.29) is 0 Å². The molecule has 1 aromatic rings. The topological polar surface area (TPSA) is 87.6 Å². The average Bonchev–Trinajstić information content (AvgIpc) is 2.19. The minimum atomic E-state index is -0.514. The number of methoxy groups -OCH3 is 2. The molecule has 0 aliphatic heterocycles. The van der Waals surface area contributed by atoms with E-state index in [2.05, 4.69) is 0 Å². The van der Waals surface area contributed by atoms with Crippen LogP contribution >= 0.6 is 11.8 Å². The van der Waals surface area contributed by atoms with Gasteiger partial charge in [0.2, 0.25) is 0 Å². The quantitative estimate of drug-likeness (QED) is 0.604. The molecular weight excluding hydrogens is 216 g/mol. The van der Waals surface area contributed by atoms with Crippen LogP contribution in [0.4, 0.5) is 10.5 Å². The van der Waals surface area contributed by atoms with E-state index in [0.717, 1.165) is 11.8 Å². The highest BCUT2D eigenvalue weighted by Gasteiger charge is 2.11. The van der Waals surface area contributed by atoms with Gasteiger partial charge >= 0.3 is 0 Å². The molecule has 0 aliphatic carbocycles. The molecule has 0 spiro atoms. The van der Waals surface area contributed by atoms with Gasteiger partial charge in [-0.2, -0.15) is 0 Å². The summed E-state index contributed by atoms with van der Waals surface area (Å²) in [5.74, 6) is 0.983. The molecule has 1 rings (SSSR count). The number of carbonyl (C=O) groups excluding carboxylic acids is 1. The van der Waals surface area contributed by atoms with Gasteiger partial charge < -0.3 is 20.9 Å². The molecule has 0 fully saturated rings. The van der Waals surface area contributed by atoms with Crippen LogP contribution in [0, 0.1) is 0 Å². The number of hydrogen-bond acceptors (Lipinski definition) is 5. The van der Waals surface area contributed by atoms with Crippen LogP contribution in [0.5, 0.6) is 11.5 Å². The van der Waals surface area contributed by atoms with Gasteiger partial charge in [0, 0.05) is 12.1 Å². The van der Waals surface area contributed by atoms with Crippen LogP contribution in [0.15, 0.2) is 17.0 Å². The van der Waals surface area contributed by atoms with Gasteiger partial charge in [0.1, 0.15) is 11.5 Å². The number of benzene rings is 1. The van der Waals surface area contributed by atoms with Crippen molar-refractivity contribution in [3.05, 3.63) is 12.1 Å². The van der Waals surface area contributed by atoms with Crippen molar-refractivity contribution in [3.63, 3.8) is 0 Å². The number of nitrogen functional groups attached to an aromatic ring is 1. The van der Waals surface area contributed by atoms with Gasteiger partial charge in [-0.1, -0.05) is 0 Å². The number of carbonyl (C=O) groups is 1. The molecule has 0 radical (unpaired) electrons. The van der Waals surface area contributed by atoms with Crippen LogP contribution in [0.3, 0.4) is 0 Å². The van der Waals surface area contributed by atoms with Crippen LogP contribution < -0.4 is 20.9 Å². The lowest BCUT2D eigenvalue weighted by atomic mass is 10.3. The number of thioether (sulfide) groups is 1. The van der Waals surface area contributed by atoms with Crippen molar-refractivity contribution < 1.29 is 14.3 Å². The second kappa shape index (κ2) is 4.79. The van der Waals surface area contributed by atoms with E-state index in [0.29, 0.717) is 22.1 Å². The van der Waals surface area contributed by atoms with Crippen molar-refractivity contribution in [1.82, 2.24) is 0 Å². The minimum absolute atomic E-state index is 0.447. The Labute approximate surface area is 91.7 Å². The van der Waals surface area contributed by atoms with Gasteiger partial charge in [-0.15, -0.1) is 0 Å². The molecule has 0 unspecified atom stereocenters. The molecule has 6 heteroatoms. The summed E-state index contributed by atoms with van der Waals surface area (Å²) >= 11 is 0.866. The van der Waals surface area contributed by atoms with Gasteiger partial charge in [0.15, 0.2) is 0 Å². The molecule has 15 heavy (non-hydrogen) atoms. The molecule has 5 nitrogen and oxygen atoms in total. The third kappa shape index (κ3) is 2.69. The Kier molecular flexibility index (Phi) is 3.68. The molecule has 0 heterocycles. The highest BCUT2D eigenvalue weighted by atomic mass is 32.2. The predicted molar refractivity (Wildman–Crippen MR) is 59.4 cm³/mol. The first-order valence-electron chi connectivity index (χ1n) is 4.07. The van der Waals surface area contributed by atoms with Crippen LogP contribution in [0.25, 0.3) is 0 Å². The summed E-state index contributed by atoms with van der Waals surface area (Å²) in [6.07, 6.45) is 0. The molecular formula is C9H12N2O3S. The molecule has 0 saturated carbocycles. The van der Waals surface area contributed by atoms with E-state index in [1.807, 2.05) is 0 Å². The smallest absolute Gasteiger partial charge is 0.281 e. The summed E-state index contributed by atoms with van der Waals surface area (Å²) in [6.45, 7) is 0. The molecule has 82 valence electrons. The van der Waals surface area contributed by atoms with E-state index in [9.17, 15) is 4.79 Å². The molecule has 0 aromatic heterocycles. The Hall–Kier alpha value is -1.56. The van der Waals surface area contributed by atoms with E-state index in [1.165, 1.54) is 14.2 Å². The largest absolute Gasteiger partial charge is 0.495 e. The number of hydrogen-bond donors (Lipinski definition) is 2. The average molecular weight is 228 g/mol. The maximum Gasteiger partial charge on any atom is 0.281 e. The second-order valence-corrected chi connectivity index (χ2v) is 3.71. The molecule has 1 aromatic carbocycles. The summed E-state index contributed by atoms with van der Waals surface area (Å²) in [5, 5.41) is -0.514. The third-order valence-electron chi connectivity index (χ3n) is 1.73. The van der Waals surface area contributed by atoms with Crippen LogP contribution in [0.2, 0.25) is 0 Å². The Morgan fingerprint density at radius 2 is 1.87 bits per heavy atom. The number of ether oxygens (including phenoxy) is 2. The SMILES string of the molecule is COc1cc(SC(N)=O)c(OC)cc1N. The zero-order valence-corrected chi connectivity index (χ0v) is 9.26. The zero-order chi connectivity index (χ0) is 11.4. The van der Waals surface area contributed by atoms with Crippen molar-refractivity contribution in [1.29, 1.82) is 0 Å². The number of primary amides is 1. The van der Waals surface area contributed by atoms with Crippen molar-refractivity contribution in [3.8, 4) is 11.5 Å². The van der Waals surface area contributed by atoms with Crippen LogP contribution in [-0.4, -0.2) is 19.5 Å². The lowest BCUT2D eigenvalue weighted by Crippen LogP contribution is -2.03. The summed E-state index contributed by atoms with van der Waals surface area (Å²) < 4.78 is 10.1. The third-order valence-corrected chi connectivity index (χ3v) is 2.47. The Morgan fingerprint density at radius 1 is 1.27 bits per heavy atom. The molecule has 0 saturated heterocycles. The Bertz CT molecular complexity index is 382. The van der Waals surface area contributed by atoms with E-state index >= 15 is 0 Å². The van der Waals surface area contributed by atoms with Crippen molar-refractivity contribution in [2.75, 3.05) is 20.0 Å². The van der Waals surface area contributed by atoms with E-state index in [4.69, 9.17) is 20.9 Å². The summed E-state index contributed by atoms with van der Waals surface area (Å²) in [7, 11) is 2.99. The highest BCUT2D eigenvalue weighted by molar-refractivity contribution is 8.13. The fraction of sp³-hybridized carbons (Fsp3) is 0.222. The van der Waals surface area contributed by atoms with Gasteiger partial charge in [0.25, 0.3) is 5.24 Å². The van der Waals surface area contributed by atoms with Gasteiger partial charge in [-0.25, -0.2) is 0 Å². The molecule has 0 atom stereocenters. The Balaban J connectivity index is 3.16. The molecule has 1 amide bonds. The maximum atomic E-state index is 10.8. The molecule has 0 aliphatic rings. The fourth-order valence-corrected chi connectivity index (χ4v) is 1.71. The van der Waals surface area contributed by atoms with Crippen LogP contribution in [0.1, 0.15) is 0 Å². The lowest BCUT2D eigenvalue weighted by Gasteiger charge is -2.10. The van der Waals surface area contributed by atoms with Gasteiger partial charge in [-0.05, 0) is 11.8 Å². The Morgan fingerprint density at radius 3 is 2.33 bits per heavy atom. The lowest BCUT2D eigenvalue weighted by molar-refractivity contribution is 0.267. The first kappa shape index (κ1) is 11.5. The maximum absolute atomic E-state index is 10.8. The summed E-state index contributed by atoms with van der Waals surface area (Å²) in [5.41, 5.74) is 11.2. The van der Waals surface area contributed by atoms with Gasteiger partial charge in [0.05, 0.1) is 24.8 Å². The first-order valence-corrected chi connectivity index (χ1v) is 4.89. The predicted octanol–water partition coefficient (Wildman–Crippen LogP) is 1.46. The number of rotatable bonds is 3. The van der Waals surface area contributed by atoms with Crippen molar-refractivity contribution in [2.45, 2.75) is 4.90 Å². The fourth-order valence-electron chi connectivity index (χ4n) is 1.08. The number of amides is 1. The minimum Gasteiger partial charge on any atom is -0.495 e. The van der Waals surface area contributed by atoms with Crippen molar-refractivity contribution in [2.24, 2.45) is 5.73 Å². The standard InChI is InChI=1S/C9H12N2O3S/c1-13-6-4-8(15-9(11)12)7(14-2)3-5(6)10/h3-4H,10H2,1-2H3,(H2,11,12). The molecule has 0 bridgehead atoms. The number of nitrogens with two attached hydrogens (primary N) is 2. The van der Waals surface area contributed by atoms with Crippen LogP contribution in [-0.2, 0) is 0 Å². The first-order chi connectivity index (χ1) is 7.08. The molecule has 4 N–H and O–H groups in total. The monoisotopic (exact) mass is 228 g/mol. The van der Waals surface area contributed by atoms with Crippen molar-refractivity contribution >= 4 is 22.7 Å². The summed E-state index contributed by atoms with van der Waals surface area (Å²) in [4.78, 5) is 11.4. The van der Waals surface area contributed by atoms with E-state index in [1.54, 1.807) is 12.1 Å². The number of anilines is 1. The summed E-state index contributed by atoms with van der Waals surface area (Å²) in [6, 6.07) is 3.20. The van der Waals surface area contributed by atoms with Gasteiger partial charge in [-0.3, -0.25) is 4.79 Å². The normalized spacial score (nSPS) is 9.73. The highest BCUT2D eigenvalue weighted by Crippen LogP contribution is 2.36. The second-order valence-electron chi connectivity index (χ2n) is 2.67. The zero-order valence-electron chi connectivity index (χ0n) is 8.44.